The lowest BCUT2D eigenvalue weighted by Gasteiger charge is -2.26. The van der Waals surface area contributed by atoms with Crippen LogP contribution in [0.4, 0.5) is 5.95 Å². The van der Waals surface area contributed by atoms with Crippen LogP contribution in [0.1, 0.15) is 33.1 Å². The Labute approximate surface area is 231 Å². The third-order valence-electron chi connectivity index (χ3n) is 6.64. The number of imidazole rings is 1. The standard InChI is InChI=1S/C28H35BrN6O3/c1-5-6-11-34-17-20(27(36)37)13-22(19(34)3)23-15-31-33(4)26(23)38-12-7-8-18(2)16-35-25-14-21(29)9-10-24(25)32-28(35)30/h6,9-11,13-14,17-18,31H,3,5,7-8,12,15-16H2,1-2,4H3,(H2,30,32)(H,36,37)/b11-6-. The maximum absolute atomic E-state index is 11.8. The third-order valence-corrected chi connectivity index (χ3v) is 7.14. The minimum absolute atomic E-state index is 0.196. The first-order chi connectivity index (χ1) is 18.2. The van der Waals surface area contributed by atoms with Crippen LogP contribution < -0.4 is 11.2 Å². The number of halogens is 1. The second-order valence-corrected chi connectivity index (χ2v) is 10.5. The van der Waals surface area contributed by atoms with Crippen molar-refractivity contribution in [3.05, 3.63) is 82.1 Å². The number of aliphatic carboxylic acids is 1. The van der Waals surface area contributed by atoms with E-state index in [4.69, 9.17) is 10.5 Å². The van der Waals surface area contributed by atoms with Crippen molar-refractivity contribution in [1.29, 1.82) is 0 Å². The van der Waals surface area contributed by atoms with Crippen LogP contribution in [-0.2, 0) is 16.1 Å². The molecule has 202 valence electrons. The van der Waals surface area contributed by atoms with Gasteiger partial charge in [-0.2, -0.15) is 0 Å². The van der Waals surface area contributed by atoms with Gasteiger partial charge >= 0.3 is 5.97 Å². The number of benzene rings is 1. The second kappa shape index (κ2) is 11.9. The normalized spacial score (nSPS) is 17.0. The fourth-order valence-corrected chi connectivity index (χ4v) is 4.97. The summed E-state index contributed by atoms with van der Waals surface area (Å²) in [6.45, 7) is 10.3. The van der Waals surface area contributed by atoms with Gasteiger partial charge < -0.3 is 25.0 Å². The van der Waals surface area contributed by atoms with Gasteiger partial charge in [-0.05, 0) is 49.5 Å². The van der Waals surface area contributed by atoms with Gasteiger partial charge in [0.15, 0.2) is 0 Å². The molecule has 3 heterocycles. The molecule has 0 fully saturated rings. The summed E-state index contributed by atoms with van der Waals surface area (Å²) in [6, 6.07) is 5.98. The summed E-state index contributed by atoms with van der Waals surface area (Å²) in [4.78, 5) is 18.0. The molecule has 1 aromatic heterocycles. The van der Waals surface area contributed by atoms with Crippen LogP contribution in [0.5, 0.6) is 0 Å². The summed E-state index contributed by atoms with van der Waals surface area (Å²) >= 11 is 3.53. The van der Waals surface area contributed by atoms with Crippen LogP contribution in [0.2, 0.25) is 0 Å². The summed E-state index contributed by atoms with van der Waals surface area (Å²) < 4.78 is 9.31. The maximum Gasteiger partial charge on any atom is 0.337 e. The number of hydrogen-bond acceptors (Lipinski definition) is 7. The highest BCUT2D eigenvalue weighted by molar-refractivity contribution is 9.10. The lowest BCUT2D eigenvalue weighted by molar-refractivity contribution is -0.132. The highest BCUT2D eigenvalue weighted by Crippen LogP contribution is 2.33. The number of hydrazine groups is 1. The summed E-state index contributed by atoms with van der Waals surface area (Å²) in [6.07, 6.45) is 9.71. The van der Waals surface area contributed by atoms with E-state index in [1.54, 1.807) is 17.2 Å². The van der Waals surface area contributed by atoms with Crippen LogP contribution in [0.25, 0.3) is 11.0 Å². The number of fused-ring (bicyclic) bond motifs is 1. The molecule has 1 aromatic carbocycles. The van der Waals surface area contributed by atoms with Crippen LogP contribution in [0, 0.1) is 5.92 Å². The van der Waals surface area contributed by atoms with Gasteiger partial charge in [-0.15, -0.1) is 0 Å². The second-order valence-electron chi connectivity index (χ2n) is 9.58. The molecule has 0 radical (unpaired) electrons. The van der Waals surface area contributed by atoms with Crippen LogP contribution in [0.3, 0.4) is 0 Å². The summed E-state index contributed by atoms with van der Waals surface area (Å²) in [5, 5.41) is 11.5. The zero-order valence-electron chi connectivity index (χ0n) is 22.1. The quantitative estimate of drug-likeness (QED) is 0.313. The van der Waals surface area contributed by atoms with Crippen molar-refractivity contribution >= 4 is 38.9 Å². The first-order valence-corrected chi connectivity index (χ1v) is 13.5. The van der Waals surface area contributed by atoms with Gasteiger partial charge in [0.05, 0.1) is 23.2 Å². The molecule has 0 aliphatic carbocycles. The molecular weight excluding hydrogens is 548 g/mol. The summed E-state index contributed by atoms with van der Waals surface area (Å²) in [5.41, 5.74) is 13.9. The monoisotopic (exact) mass is 582 g/mol. The van der Waals surface area contributed by atoms with Crippen molar-refractivity contribution < 1.29 is 14.6 Å². The lowest BCUT2D eigenvalue weighted by atomic mass is 9.97. The van der Waals surface area contributed by atoms with Gasteiger partial charge in [0, 0.05) is 53.9 Å². The van der Waals surface area contributed by atoms with Crippen LogP contribution >= 0.6 is 15.9 Å². The zero-order chi connectivity index (χ0) is 27.4. The van der Waals surface area contributed by atoms with E-state index in [0.717, 1.165) is 52.5 Å². The molecule has 2 aromatic rings. The van der Waals surface area contributed by atoms with E-state index in [0.29, 0.717) is 36.6 Å². The van der Waals surface area contributed by atoms with Crippen molar-refractivity contribution in [3.63, 3.8) is 0 Å². The molecule has 38 heavy (non-hydrogen) atoms. The van der Waals surface area contributed by atoms with Crippen molar-refractivity contribution in [2.45, 2.75) is 39.7 Å². The first-order valence-electron chi connectivity index (χ1n) is 12.8. The Morgan fingerprint density at radius 2 is 2.21 bits per heavy atom. The van der Waals surface area contributed by atoms with Gasteiger partial charge in [0.1, 0.15) is 0 Å². The molecule has 10 heteroatoms. The number of allylic oxidation sites excluding steroid dienone is 2. The van der Waals surface area contributed by atoms with E-state index in [-0.39, 0.29) is 5.57 Å². The third kappa shape index (κ3) is 5.97. The number of ether oxygens (including phenoxy) is 1. The number of hydrogen-bond donors (Lipinski definition) is 3. The van der Waals surface area contributed by atoms with E-state index in [9.17, 15) is 9.90 Å². The van der Waals surface area contributed by atoms with Gasteiger partial charge in [0.25, 0.3) is 0 Å². The molecule has 0 saturated heterocycles. The fraction of sp³-hybridized carbons (Fsp3) is 0.357. The highest BCUT2D eigenvalue weighted by atomic mass is 79.9. The predicted octanol–water partition coefficient (Wildman–Crippen LogP) is 5.12. The van der Waals surface area contributed by atoms with E-state index in [2.05, 4.69) is 44.4 Å². The molecule has 1 unspecified atom stereocenters. The Hall–Kier alpha value is -3.50. The van der Waals surface area contributed by atoms with Gasteiger partial charge in [-0.25, -0.2) is 15.2 Å². The Morgan fingerprint density at radius 3 is 2.95 bits per heavy atom. The maximum atomic E-state index is 11.8. The zero-order valence-corrected chi connectivity index (χ0v) is 23.7. The average Bonchev–Trinajstić information content (AvgIpc) is 3.39. The Kier molecular flexibility index (Phi) is 8.63. The molecule has 9 nitrogen and oxygen atoms in total. The first kappa shape index (κ1) is 27.5. The van der Waals surface area contributed by atoms with E-state index in [1.807, 2.05) is 49.5 Å². The number of nitrogens with one attached hydrogen (secondary N) is 1. The van der Waals surface area contributed by atoms with Gasteiger partial charge in [0.2, 0.25) is 11.8 Å². The largest absolute Gasteiger partial charge is 0.478 e. The molecule has 2 aliphatic rings. The molecule has 0 spiro atoms. The average molecular weight is 584 g/mol. The number of carboxylic acid groups (broad SMARTS) is 1. The predicted molar refractivity (Wildman–Crippen MR) is 153 cm³/mol. The molecular formula is C28H35BrN6O3. The number of anilines is 1. The van der Waals surface area contributed by atoms with Crippen molar-refractivity contribution in [1.82, 2.24) is 24.9 Å². The van der Waals surface area contributed by atoms with Crippen LogP contribution in [-0.4, -0.2) is 50.7 Å². The van der Waals surface area contributed by atoms with E-state index < -0.39 is 5.97 Å². The number of nitrogens with two attached hydrogens (primary N) is 1. The number of nitrogen functional groups attached to an aromatic ring is 1. The van der Waals surface area contributed by atoms with Crippen molar-refractivity contribution in [2.75, 3.05) is 25.9 Å². The number of carboxylic acids is 1. The summed E-state index contributed by atoms with van der Waals surface area (Å²) in [7, 11) is 1.89. The number of carbonyl (C=O) groups is 1. The molecule has 4 N–H and O–H groups in total. The Bertz CT molecular complexity index is 1360. The minimum Gasteiger partial charge on any atom is -0.478 e. The molecule has 2 aliphatic heterocycles. The summed E-state index contributed by atoms with van der Waals surface area (Å²) in [5.74, 6) is 0.590. The number of nitrogens with zero attached hydrogens (tertiary/aromatic N) is 4. The van der Waals surface area contributed by atoms with Crippen molar-refractivity contribution in [2.24, 2.45) is 5.92 Å². The SMILES string of the molecule is C=C1C(C2=C(OCCCC(C)Cn3c(N)nc4ccc(Br)cc43)N(C)NC2)=CC(C(=O)O)=CN1/C=C\CC. The number of aromatic nitrogens is 2. The minimum atomic E-state index is -0.986. The molecule has 1 atom stereocenters. The highest BCUT2D eigenvalue weighted by Gasteiger charge is 2.29. The molecule has 0 amide bonds. The van der Waals surface area contributed by atoms with Gasteiger partial charge in [-0.3, -0.25) is 5.01 Å². The molecule has 0 saturated carbocycles. The molecule has 0 bridgehead atoms. The lowest BCUT2D eigenvalue weighted by Crippen LogP contribution is -2.28. The Morgan fingerprint density at radius 1 is 1.42 bits per heavy atom. The van der Waals surface area contributed by atoms with E-state index in [1.165, 1.54) is 0 Å². The fourth-order valence-electron chi connectivity index (χ4n) is 4.62. The van der Waals surface area contributed by atoms with Crippen molar-refractivity contribution in [3.8, 4) is 0 Å². The number of rotatable bonds is 11. The molecule has 4 rings (SSSR count). The topological polar surface area (TPSA) is 109 Å². The Balaban J connectivity index is 1.42. The smallest absolute Gasteiger partial charge is 0.337 e. The van der Waals surface area contributed by atoms with E-state index >= 15 is 0 Å². The van der Waals surface area contributed by atoms with Gasteiger partial charge in [-0.1, -0.05) is 42.4 Å². The van der Waals surface area contributed by atoms with Crippen LogP contribution in [0.15, 0.2) is 82.1 Å².